The predicted octanol–water partition coefficient (Wildman–Crippen LogP) is 4.80. The Morgan fingerprint density at radius 1 is 0.765 bits per heavy atom. The smallest absolute Gasteiger partial charge is 0.0575 e. The Morgan fingerprint density at radius 2 is 1.29 bits per heavy atom. The van der Waals surface area contributed by atoms with E-state index < -0.39 is 0 Å². The SMILES string of the molecule is CCOC1CCC(C2CCC(CC)CC2)CC1. The van der Waals surface area contributed by atoms with Crippen molar-refractivity contribution in [2.75, 3.05) is 6.61 Å². The first kappa shape index (κ1) is 13.4. The highest BCUT2D eigenvalue weighted by molar-refractivity contribution is 4.82. The van der Waals surface area contributed by atoms with Crippen LogP contribution in [0.3, 0.4) is 0 Å². The van der Waals surface area contributed by atoms with Crippen molar-refractivity contribution in [1.82, 2.24) is 0 Å². The van der Waals surface area contributed by atoms with Crippen LogP contribution in [-0.4, -0.2) is 12.7 Å². The first-order valence-electron chi connectivity index (χ1n) is 7.95. The average molecular weight is 238 g/mol. The van der Waals surface area contributed by atoms with E-state index in [9.17, 15) is 0 Å². The Morgan fingerprint density at radius 3 is 1.76 bits per heavy atom. The van der Waals surface area contributed by atoms with Crippen molar-refractivity contribution in [3.63, 3.8) is 0 Å². The largest absolute Gasteiger partial charge is 0.379 e. The molecule has 2 aliphatic rings. The molecule has 0 bridgehead atoms. The zero-order valence-electron chi connectivity index (χ0n) is 11.8. The third kappa shape index (κ3) is 3.71. The monoisotopic (exact) mass is 238 g/mol. The molecule has 2 aliphatic carbocycles. The lowest BCUT2D eigenvalue weighted by molar-refractivity contribution is 0.0135. The van der Waals surface area contributed by atoms with E-state index in [4.69, 9.17) is 4.74 Å². The molecule has 0 atom stereocenters. The Balaban J connectivity index is 1.70. The molecule has 0 heterocycles. The van der Waals surface area contributed by atoms with Gasteiger partial charge in [-0.1, -0.05) is 26.2 Å². The molecular weight excluding hydrogens is 208 g/mol. The molecule has 2 fully saturated rings. The van der Waals surface area contributed by atoms with Crippen LogP contribution in [0, 0.1) is 17.8 Å². The van der Waals surface area contributed by atoms with Gasteiger partial charge < -0.3 is 4.74 Å². The van der Waals surface area contributed by atoms with Crippen molar-refractivity contribution >= 4 is 0 Å². The van der Waals surface area contributed by atoms with Gasteiger partial charge in [-0.15, -0.1) is 0 Å². The van der Waals surface area contributed by atoms with E-state index in [0.717, 1.165) is 24.4 Å². The topological polar surface area (TPSA) is 9.23 Å². The van der Waals surface area contributed by atoms with Crippen LogP contribution in [0.15, 0.2) is 0 Å². The maximum Gasteiger partial charge on any atom is 0.0575 e. The highest BCUT2D eigenvalue weighted by atomic mass is 16.5. The Hall–Kier alpha value is -0.0400. The van der Waals surface area contributed by atoms with Crippen LogP contribution in [0.2, 0.25) is 0 Å². The summed E-state index contributed by atoms with van der Waals surface area (Å²) >= 11 is 0. The summed E-state index contributed by atoms with van der Waals surface area (Å²) in [5, 5.41) is 0. The molecule has 0 unspecified atom stereocenters. The van der Waals surface area contributed by atoms with Crippen LogP contribution in [0.1, 0.15) is 71.6 Å². The second-order valence-corrected chi connectivity index (χ2v) is 6.18. The lowest BCUT2D eigenvalue weighted by Crippen LogP contribution is -2.28. The van der Waals surface area contributed by atoms with Gasteiger partial charge in [0.25, 0.3) is 0 Å². The molecule has 17 heavy (non-hydrogen) atoms. The number of hydrogen-bond acceptors (Lipinski definition) is 1. The number of hydrogen-bond donors (Lipinski definition) is 0. The molecule has 0 aromatic heterocycles. The Kier molecular flexibility index (Phi) is 5.34. The van der Waals surface area contributed by atoms with E-state index in [1.54, 1.807) is 0 Å². The van der Waals surface area contributed by atoms with Gasteiger partial charge in [0.15, 0.2) is 0 Å². The molecule has 0 spiro atoms. The minimum Gasteiger partial charge on any atom is -0.379 e. The van der Waals surface area contributed by atoms with Gasteiger partial charge in [0.1, 0.15) is 0 Å². The van der Waals surface area contributed by atoms with Crippen LogP contribution in [0.25, 0.3) is 0 Å². The lowest BCUT2D eigenvalue weighted by Gasteiger charge is -2.37. The quantitative estimate of drug-likeness (QED) is 0.683. The molecule has 1 nitrogen and oxygen atoms in total. The van der Waals surface area contributed by atoms with Gasteiger partial charge in [0.2, 0.25) is 0 Å². The summed E-state index contributed by atoms with van der Waals surface area (Å²) in [6.07, 6.45) is 13.6. The molecule has 100 valence electrons. The first-order chi connectivity index (χ1) is 8.33. The molecule has 0 N–H and O–H groups in total. The first-order valence-corrected chi connectivity index (χ1v) is 7.95. The summed E-state index contributed by atoms with van der Waals surface area (Å²) in [5.41, 5.74) is 0. The molecule has 2 rings (SSSR count). The van der Waals surface area contributed by atoms with Crippen molar-refractivity contribution in [3.05, 3.63) is 0 Å². The average Bonchev–Trinajstić information content (AvgIpc) is 2.40. The fraction of sp³-hybridized carbons (Fsp3) is 1.00. The maximum atomic E-state index is 5.75. The summed E-state index contributed by atoms with van der Waals surface area (Å²) in [5.74, 6) is 3.14. The molecule has 2 saturated carbocycles. The van der Waals surface area contributed by atoms with Crippen LogP contribution in [0.5, 0.6) is 0 Å². The van der Waals surface area contributed by atoms with Gasteiger partial charge in [0, 0.05) is 6.61 Å². The summed E-state index contributed by atoms with van der Waals surface area (Å²) in [6, 6.07) is 0. The maximum absolute atomic E-state index is 5.75. The minimum absolute atomic E-state index is 0.586. The lowest BCUT2D eigenvalue weighted by atomic mass is 9.70. The third-order valence-corrected chi connectivity index (χ3v) is 5.26. The normalized spacial score (nSPS) is 39.2. The summed E-state index contributed by atoms with van der Waals surface area (Å²) in [6.45, 7) is 5.38. The van der Waals surface area contributed by atoms with Crippen molar-refractivity contribution in [2.24, 2.45) is 17.8 Å². The van der Waals surface area contributed by atoms with Gasteiger partial charge in [-0.3, -0.25) is 0 Å². The van der Waals surface area contributed by atoms with Crippen molar-refractivity contribution in [1.29, 1.82) is 0 Å². The molecule has 0 aromatic carbocycles. The summed E-state index contributed by atoms with van der Waals surface area (Å²) in [4.78, 5) is 0. The molecule has 0 saturated heterocycles. The van der Waals surface area contributed by atoms with E-state index in [1.807, 2.05) is 0 Å². The molecule has 0 radical (unpaired) electrons. The fourth-order valence-corrected chi connectivity index (χ4v) is 4.03. The van der Waals surface area contributed by atoms with E-state index in [1.165, 1.54) is 57.8 Å². The molecule has 0 aromatic rings. The molecule has 1 heteroatoms. The second kappa shape index (κ2) is 6.78. The van der Waals surface area contributed by atoms with Crippen LogP contribution < -0.4 is 0 Å². The molecule has 0 amide bonds. The van der Waals surface area contributed by atoms with Crippen LogP contribution in [0.4, 0.5) is 0 Å². The molecular formula is C16H30O. The zero-order chi connectivity index (χ0) is 12.1. The van der Waals surface area contributed by atoms with Gasteiger partial charge in [0.05, 0.1) is 6.10 Å². The number of ether oxygens (including phenoxy) is 1. The molecule has 0 aliphatic heterocycles. The van der Waals surface area contributed by atoms with Gasteiger partial charge in [-0.25, -0.2) is 0 Å². The Bertz CT molecular complexity index is 198. The summed E-state index contributed by atoms with van der Waals surface area (Å²) < 4.78 is 5.75. The van der Waals surface area contributed by atoms with E-state index in [-0.39, 0.29) is 0 Å². The Labute approximate surface area is 107 Å². The van der Waals surface area contributed by atoms with Crippen molar-refractivity contribution in [2.45, 2.75) is 77.7 Å². The van der Waals surface area contributed by atoms with Gasteiger partial charge >= 0.3 is 0 Å². The van der Waals surface area contributed by atoms with Crippen LogP contribution >= 0.6 is 0 Å². The fourth-order valence-electron chi connectivity index (χ4n) is 4.03. The minimum atomic E-state index is 0.586. The van der Waals surface area contributed by atoms with E-state index >= 15 is 0 Å². The van der Waals surface area contributed by atoms with E-state index in [2.05, 4.69) is 13.8 Å². The second-order valence-electron chi connectivity index (χ2n) is 6.18. The summed E-state index contributed by atoms with van der Waals surface area (Å²) in [7, 11) is 0. The standard InChI is InChI=1S/C16H30O/c1-3-13-5-7-14(8-6-13)15-9-11-16(12-10-15)17-4-2/h13-16H,3-12H2,1-2H3. The van der Waals surface area contributed by atoms with E-state index in [0.29, 0.717) is 6.10 Å². The number of rotatable bonds is 4. The zero-order valence-corrected chi connectivity index (χ0v) is 11.8. The third-order valence-electron chi connectivity index (χ3n) is 5.26. The van der Waals surface area contributed by atoms with Crippen molar-refractivity contribution in [3.8, 4) is 0 Å². The highest BCUT2D eigenvalue weighted by Gasteiger charge is 2.30. The predicted molar refractivity (Wildman–Crippen MR) is 73.1 cm³/mol. The van der Waals surface area contributed by atoms with Gasteiger partial charge in [-0.2, -0.15) is 0 Å². The van der Waals surface area contributed by atoms with Crippen LogP contribution in [-0.2, 0) is 4.74 Å². The van der Waals surface area contributed by atoms with Crippen molar-refractivity contribution < 1.29 is 4.74 Å². The highest BCUT2D eigenvalue weighted by Crippen LogP contribution is 2.41. The van der Waals surface area contributed by atoms with Gasteiger partial charge in [-0.05, 0) is 63.2 Å².